The summed E-state index contributed by atoms with van der Waals surface area (Å²) in [4.78, 5) is 22.4. The molecule has 2 atom stereocenters. The number of amides is 1. The number of hydrogen-bond donors (Lipinski definition) is 1. The quantitative estimate of drug-likeness (QED) is 0.659. The molecule has 24 heavy (non-hydrogen) atoms. The first-order chi connectivity index (χ1) is 11.1. The minimum atomic E-state index is -0.923. The molecule has 2 unspecified atom stereocenters. The smallest absolute Gasteiger partial charge is 0.405 e. The molecule has 2 rings (SSSR count). The topological polar surface area (TPSA) is 95.5 Å². The predicted molar refractivity (Wildman–Crippen MR) is 91.8 cm³/mol. The van der Waals surface area contributed by atoms with E-state index < -0.39 is 23.2 Å². The molecular weight excluding hydrogens is 308 g/mol. The van der Waals surface area contributed by atoms with Crippen molar-refractivity contribution in [2.24, 2.45) is 11.1 Å². The van der Waals surface area contributed by atoms with Crippen molar-refractivity contribution in [3.8, 4) is 0 Å². The average Bonchev–Trinajstić information content (AvgIpc) is 2.45. The lowest BCUT2D eigenvalue weighted by atomic mass is 9.71. The largest absolute Gasteiger partial charge is 0.444 e. The van der Waals surface area contributed by atoms with Crippen LogP contribution in [0, 0.1) is 15.5 Å². The highest BCUT2D eigenvalue weighted by Crippen LogP contribution is 2.41. The number of hydrogen-bond acceptors (Lipinski definition) is 4. The molecule has 0 saturated heterocycles. The SMILES string of the molecule is CC(C)(CC1(C)C=CC(c2ccccc2)=CC1[N+](=O)[O-])OC(N)=O. The van der Waals surface area contributed by atoms with Crippen LogP contribution >= 0.6 is 0 Å². The van der Waals surface area contributed by atoms with Crippen LogP contribution in [0.15, 0.2) is 48.6 Å². The van der Waals surface area contributed by atoms with Crippen LogP contribution in [-0.2, 0) is 4.74 Å². The molecule has 128 valence electrons. The molecule has 6 heteroatoms. The lowest BCUT2D eigenvalue weighted by molar-refractivity contribution is -0.525. The third-order valence-corrected chi connectivity index (χ3v) is 4.17. The van der Waals surface area contributed by atoms with E-state index in [-0.39, 0.29) is 11.3 Å². The van der Waals surface area contributed by atoms with Crippen molar-refractivity contribution < 1.29 is 14.5 Å². The first-order valence-corrected chi connectivity index (χ1v) is 7.71. The van der Waals surface area contributed by atoms with Crippen LogP contribution in [0.25, 0.3) is 5.57 Å². The molecule has 6 nitrogen and oxygen atoms in total. The van der Waals surface area contributed by atoms with Crippen LogP contribution in [0.4, 0.5) is 4.79 Å². The van der Waals surface area contributed by atoms with Gasteiger partial charge in [0.25, 0.3) is 0 Å². The van der Waals surface area contributed by atoms with Gasteiger partial charge < -0.3 is 10.5 Å². The molecule has 0 bridgehead atoms. The summed E-state index contributed by atoms with van der Waals surface area (Å²) in [5, 5.41) is 11.6. The van der Waals surface area contributed by atoms with E-state index >= 15 is 0 Å². The molecule has 0 radical (unpaired) electrons. The molecule has 0 heterocycles. The van der Waals surface area contributed by atoms with Crippen molar-refractivity contribution in [3.05, 3.63) is 64.2 Å². The minimum absolute atomic E-state index is 0.281. The fraction of sp³-hybridized carbons (Fsp3) is 0.389. The summed E-state index contributed by atoms with van der Waals surface area (Å²) in [7, 11) is 0. The maximum Gasteiger partial charge on any atom is 0.405 e. The number of ether oxygens (including phenoxy) is 1. The molecule has 1 aromatic carbocycles. The van der Waals surface area contributed by atoms with Crippen LogP contribution < -0.4 is 5.73 Å². The number of carbonyl (C=O) groups is 1. The highest BCUT2D eigenvalue weighted by Gasteiger charge is 2.46. The molecule has 0 fully saturated rings. The number of nitro groups is 1. The molecule has 0 aliphatic heterocycles. The molecule has 0 spiro atoms. The summed E-state index contributed by atoms with van der Waals surface area (Å²) in [6.07, 6.45) is 4.77. The van der Waals surface area contributed by atoms with Crippen LogP contribution in [0.3, 0.4) is 0 Å². The van der Waals surface area contributed by atoms with Crippen LogP contribution in [0.1, 0.15) is 32.8 Å². The lowest BCUT2D eigenvalue weighted by Crippen LogP contribution is -2.44. The van der Waals surface area contributed by atoms with Gasteiger partial charge in [-0.15, -0.1) is 0 Å². The second-order valence-electron chi connectivity index (χ2n) is 6.91. The van der Waals surface area contributed by atoms with Gasteiger partial charge in [0.15, 0.2) is 0 Å². The Morgan fingerprint density at radius 1 is 1.38 bits per heavy atom. The molecule has 0 aromatic heterocycles. The van der Waals surface area contributed by atoms with Crippen molar-refractivity contribution in [1.29, 1.82) is 0 Å². The van der Waals surface area contributed by atoms with Gasteiger partial charge >= 0.3 is 6.09 Å². The number of nitrogens with two attached hydrogens (primary N) is 1. The summed E-state index contributed by atoms with van der Waals surface area (Å²) in [5.41, 5.74) is 5.13. The zero-order valence-electron chi connectivity index (χ0n) is 14.1. The van der Waals surface area contributed by atoms with E-state index in [4.69, 9.17) is 10.5 Å². The molecule has 1 amide bonds. The van der Waals surface area contributed by atoms with Gasteiger partial charge in [0.05, 0.1) is 5.41 Å². The van der Waals surface area contributed by atoms with Crippen LogP contribution in [0.5, 0.6) is 0 Å². The number of allylic oxidation sites excluding steroid dienone is 2. The number of carbonyl (C=O) groups excluding carboxylic acids is 1. The van der Waals surface area contributed by atoms with Gasteiger partial charge in [-0.3, -0.25) is 10.1 Å². The normalized spacial score (nSPS) is 23.5. The van der Waals surface area contributed by atoms with E-state index in [1.165, 1.54) is 0 Å². The zero-order chi connectivity index (χ0) is 18.0. The Morgan fingerprint density at radius 3 is 2.54 bits per heavy atom. The van der Waals surface area contributed by atoms with Crippen molar-refractivity contribution >= 4 is 11.7 Å². The van der Waals surface area contributed by atoms with E-state index in [1.807, 2.05) is 42.5 Å². The number of nitrogens with zero attached hydrogens (tertiary/aromatic N) is 1. The van der Waals surface area contributed by atoms with Crippen molar-refractivity contribution in [3.63, 3.8) is 0 Å². The van der Waals surface area contributed by atoms with Gasteiger partial charge in [0.1, 0.15) is 5.60 Å². The van der Waals surface area contributed by atoms with Gasteiger partial charge in [0.2, 0.25) is 6.04 Å². The summed E-state index contributed by atoms with van der Waals surface area (Å²) >= 11 is 0. The van der Waals surface area contributed by atoms with E-state index in [0.29, 0.717) is 0 Å². The molecular formula is C18H22N2O4. The first kappa shape index (κ1) is 17.7. The second-order valence-corrected chi connectivity index (χ2v) is 6.91. The number of primary amides is 1. The number of rotatable bonds is 5. The zero-order valence-corrected chi connectivity index (χ0v) is 14.1. The second kappa shape index (κ2) is 6.47. The van der Waals surface area contributed by atoms with Crippen LogP contribution in [-0.4, -0.2) is 22.7 Å². The average molecular weight is 330 g/mol. The van der Waals surface area contributed by atoms with Crippen molar-refractivity contribution in [2.75, 3.05) is 0 Å². The van der Waals surface area contributed by atoms with E-state index in [0.717, 1.165) is 11.1 Å². The molecule has 1 aliphatic carbocycles. The first-order valence-electron chi connectivity index (χ1n) is 7.71. The Hall–Kier alpha value is -2.63. The Bertz CT molecular complexity index is 694. The summed E-state index contributed by atoms with van der Waals surface area (Å²) in [6, 6.07) is 8.58. The Balaban J connectivity index is 2.32. The third kappa shape index (κ3) is 4.01. The van der Waals surface area contributed by atoms with Gasteiger partial charge in [-0.2, -0.15) is 0 Å². The van der Waals surface area contributed by atoms with Gasteiger partial charge in [0, 0.05) is 11.3 Å². The maximum atomic E-state index is 11.6. The Kier molecular flexibility index (Phi) is 4.78. The van der Waals surface area contributed by atoms with Crippen molar-refractivity contribution in [2.45, 2.75) is 38.8 Å². The molecule has 2 N–H and O–H groups in total. The summed E-state index contributed by atoms with van der Waals surface area (Å²) < 4.78 is 5.11. The van der Waals surface area contributed by atoms with Crippen molar-refractivity contribution in [1.82, 2.24) is 0 Å². The summed E-state index contributed by atoms with van der Waals surface area (Å²) in [6.45, 7) is 5.19. The Morgan fingerprint density at radius 2 is 2.00 bits per heavy atom. The predicted octanol–water partition coefficient (Wildman–Crippen LogP) is 3.56. The molecule has 1 aromatic rings. The van der Waals surface area contributed by atoms with Gasteiger partial charge in [-0.25, -0.2) is 4.79 Å². The minimum Gasteiger partial charge on any atom is -0.444 e. The maximum absolute atomic E-state index is 11.6. The fourth-order valence-electron chi connectivity index (χ4n) is 3.31. The third-order valence-electron chi connectivity index (χ3n) is 4.17. The molecule has 0 saturated carbocycles. The highest BCUT2D eigenvalue weighted by molar-refractivity contribution is 5.75. The van der Waals surface area contributed by atoms with E-state index in [1.54, 1.807) is 26.8 Å². The monoisotopic (exact) mass is 330 g/mol. The fourth-order valence-corrected chi connectivity index (χ4v) is 3.31. The van der Waals surface area contributed by atoms with Crippen LogP contribution in [0.2, 0.25) is 0 Å². The van der Waals surface area contributed by atoms with E-state index in [9.17, 15) is 14.9 Å². The standard InChI is InChI=1S/C18H22N2O4/c1-17(2,24-16(19)21)12-18(3)10-9-14(11-15(18)20(22)23)13-7-5-4-6-8-13/h4-11,15H,12H2,1-3H3,(H2,19,21). The molecule has 1 aliphatic rings. The van der Waals surface area contributed by atoms with E-state index in [2.05, 4.69) is 0 Å². The lowest BCUT2D eigenvalue weighted by Gasteiger charge is -2.37. The summed E-state index contributed by atoms with van der Waals surface area (Å²) in [5.74, 6) is 0. The highest BCUT2D eigenvalue weighted by atomic mass is 16.6. The Labute approximate surface area is 141 Å². The van der Waals surface area contributed by atoms with Gasteiger partial charge in [-0.05, 0) is 38.0 Å². The van der Waals surface area contributed by atoms with Gasteiger partial charge in [-0.1, -0.05) is 42.5 Å². The number of benzene rings is 1.